The minimum atomic E-state index is 0.632. The molecular formula is C13H11NO. The standard InChI is InChI=1S/C13H11NO/c14-11-6-3-7-12-13(11)10-5-2-1-4-9(10)8-15-12/h1-7H,8,14H2. The summed E-state index contributed by atoms with van der Waals surface area (Å²) in [7, 11) is 0. The third kappa shape index (κ3) is 1.18. The fourth-order valence-electron chi connectivity index (χ4n) is 2.00. The van der Waals surface area contributed by atoms with Crippen LogP contribution >= 0.6 is 0 Å². The van der Waals surface area contributed by atoms with E-state index in [1.807, 2.05) is 30.3 Å². The molecule has 1 aliphatic heterocycles. The minimum Gasteiger partial charge on any atom is -0.488 e. The van der Waals surface area contributed by atoms with Gasteiger partial charge in [0.05, 0.1) is 0 Å². The van der Waals surface area contributed by atoms with Crippen LogP contribution in [0.25, 0.3) is 11.1 Å². The number of hydrogen-bond acceptors (Lipinski definition) is 2. The minimum absolute atomic E-state index is 0.632. The lowest BCUT2D eigenvalue weighted by molar-refractivity contribution is 0.302. The predicted octanol–water partition coefficient (Wildman–Crippen LogP) is 2.83. The van der Waals surface area contributed by atoms with Crippen LogP contribution in [0.3, 0.4) is 0 Å². The van der Waals surface area contributed by atoms with E-state index in [1.165, 1.54) is 11.1 Å². The summed E-state index contributed by atoms with van der Waals surface area (Å²) in [6, 6.07) is 14.0. The fourth-order valence-corrected chi connectivity index (χ4v) is 2.00. The molecule has 0 radical (unpaired) electrons. The molecule has 1 aliphatic rings. The van der Waals surface area contributed by atoms with Crippen LogP contribution in [0.1, 0.15) is 5.56 Å². The van der Waals surface area contributed by atoms with Crippen molar-refractivity contribution in [2.24, 2.45) is 0 Å². The van der Waals surface area contributed by atoms with Crippen molar-refractivity contribution in [3.63, 3.8) is 0 Å². The van der Waals surface area contributed by atoms with Crippen LogP contribution in [-0.2, 0) is 6.61 Å². The van der Waals surface area contributed by atoms with Gasteiger partial charge in [0.15, 0.2) is 0 Å². The van der Waals surface area contributed by atoms with Gasteiger partial charge in [0.25, 0.3) is 0 Å². The van der Waals surface area contributed by atoms with Gasteiger partial charge < -0.3 is 10.5 Å². The van der Waals surface area contributed by atoms with Crippen LogP contribution in [0.4, 0.5) is 5.69 Å². The van der Waals surface area contributed by atoms with Crippen LogP contribution < -0.4 is 10.5 Å². The van der Waals surface area contributed by atoms with Gasteiger partial charge in [-0.25, -0.2) is 0 Å². The van der Waals surface area contributed by atoms with Gasteiger partial charge in [0, 0.05) is 11.3 Å². The first-order valence-corrected chi connectivity index (χ1v) is 4.96. The Morgan fingerprint density at radius 2 is 1.87 bits per heavy atom. The molecule has 0 amide bonds. The summed E-state index contributed by atoms with van der Waals surface area (Å²) in [5, 5.41) is 0. The lowest BCUT2D eigenvalue weighted by Crippen LogP contribution is -2.06. The Morgan fingerprint density at radius 3 is 2.80 bits per heavy atom. The normalized spacial score (nSPS) is 12.5. The highest BCUT2D eigenvalue weighted by Crippen LogP contribution is 2.40. The molecule has 0 spiro atoms. The van der Waals surface area contributed by atoms with E-state index in [4.69, 9.17) is 10.5 Å². The quantitative estimate of drug-likeness (QED) is 0.659. The second-order valence-corrected chi connectivity index (χ2v) is 3.67. The van der Waals surface area contributed by atoms with Crippen molar-refractivity contribution >= 4 is 5.69 Å². The maximum atomic E-state index is 5.98. The van der Waals surface area contributed by atoms with Crippen molar-refractivity contribution in [3.8, 4) is 16.9 Å². The van der Waals surface area contributed by atoms with Crippen LogP contribution in [0.5, 0.6) is 5.75 Å². The van der Waals surface area contributed by atoms with Crippen molar-refractivity contribution in [2.75, 3.05) is 5.73 Å². The Balaban J connectivity index is 2.33. The van der Waals surface area contributed by atoms with E-state index < -0.39 is 0 Å². The molecule has 0 bridgehead atoms. The van der Waals surface area contributed by atoms with Crippen molar-refractivity contribution in [2.45, 2.75) is 6.61 Å². The number of nitrogen functional groups attached to an aromatic ring is 1. The van der Waals surface area contributed by atoms with Gasteiger partial charge in [-0.05, 0) is 23.3 Å². The number of hydrogen-bond donors (Lipinski definition) is 1. The number of fused-ring (bicyclic) bond motifs is 3. The van der Waals surface area contributed by atoms with Crippen LogP contribution in [0.2, 0.25) is 0 Å². The molecule has 0 saturated carbocycles. The van der Waals surface area contributed by atoms with Gasteiger partial charge >= 0.3 is 0 Å². The highest BCUT2D eigenvalue weighted by molar-refractivity contribution is 5.84. The average molecular weight is 197 g/mol. The molecule has 0 aliphatic carbocycles. The first-order chi connectivity index (χ1) is 7.36. The van der Waals surface area contributed by atoms with Crippen molar-refractivity contribution < 1.29 is 4.74 Å². The molecule has 3 rings (SSSR count). The van der Waals surface area contributed by atoms with Crippen LogP contribution in [0, 0.1) is 0 Å². The van der Waals surface area contributed by atoms with E-state index in [2.05, 4.69) is 12.1 Å². The third-order valence-electron chi connectivity index (χ3n) is 2.73. The van der Waals surface area contributed by atoms with Gasteiger partial charge in [0.1, 0.15) is 12.4 Å². The molecule has 0 unspecified atom stereocenters. The highest BCUT2D eigenvalue weighted by Gasteiger charge is 2.18. The number of nitrogens with two attached hydrogens (primary N) is 1. The Labute approximate surface area is 88.3 Å². The molecule has 2 aromatic carbocycles. The molecule has 1 heterocycles. The van der Waals surface area contributed by atoms with E-state index in [0.29, 0.717) is 6.61 Å². The Hall–Kier alpha value is -1.96. The Morgan fingerprint density at radius 1 is 1.00 bits per heavy atom. The van der Waals surface area contributed by atoms with E-state index in [9.17, 15) is 0 Å². The number of anilines is 1. The summed E-state index contributed by atoms with van der Waals surface area (Å²) in [5.74, 6) is 0.883. The van der Waals surface area contributed by atoms with E-state index in [0.717, 1.165) is 17.0 Å². The first-order valence-electron chi connectivity index (χ1n) is 4.96. The summed E-state index contributed by atoms with van der Waals surface area (Å²) < 4.78 is 5.65. The maximum Gasteiger partial charge on any atom is 0.129 e. The van der Waals surface area contributed by atoms with Gasteiger partial charge in [-0.3, -0.25) is 0 Å². The molecule has 2 N–H and O–H groups in total. The topological polar surface area (TPSA) is 35.2 Å². The zero-order valence-electron chi connectivity index (χ0n) is 8.23. The highest BCUT2D eigenvalue weighted by atomic mass is 16.5. The van der Waals surface area contributed by atoms with E-state index in [1.54, 1.807) is 0 Å². The molecule has 0 fully saturated rings. The molecular weight excluding hydrogens is 186 g/mol. The second-order valence-electron chi connectivity index (χ2n) is 3.67. The monoisotopic (exact) mass is 197 g/mol. The molecule has 0 aromatic heterocycles. The predicted molar refractivity (Wildman–Crippen MR) is 60.6 cm³/mol. The summed E-state index contributed by atoms with van der Waals surface area (Å²) in [4.78, 5) is 0. The lowest BCUT2D eigenvalue weighted by Gasteiger charge is -2.21. The van der Waals surface area contributed by atoms with Gasteiger partial charge in [-0.2, -0.15) is 0 Å². The summed E-state index contributed by atoms with van der Waals surface area (Å²) in [5.41, 5.74) is 10.2. The van der Waals surface area contributed by atoms with Crippen molar-refractivity contribution in [1.82, 2.24) is 0 Å². The Kier molecular flexibility index (Phi) is 1.68. The zero-order valence-corrected chi connectivity index (χ0v) is 8.23. The van der Waals surface area contributed by atoms with Gasteiger partial charge in [-0.15, -0.1) is 0 Å². The smallest absolute Gasteiger partial charge is 0.129 e. The number of ether oxygens (including phenoxy) is 1. The molecule has 15 heavy (non-hydrogen) atoms. The van der Waals surface area contributed by atoms with E-state index in [-0.39, 0.29) is 0 Å². The number of benzene rings is 2. The molecule has 2 heteroatoms. The summed E-state index contributed by atoms with van der Waals surface area (Å²) in [6.45, 7) is 0.632. The largest absolute Gasteiger partial charge is 0.488 e. The van der Waals surface area contributed by atoms with Crippen LogP contribution in [0.15, 0.2) is 42.5 Å². The summed E-state index contributed by atoms with van der Waals surface area (Å²) in [6.07, 6.45) is 0. The van der Waals surface area contributed by atoms with Crippen LogP contribution in [-0.4, -0.2) is 0 Å². The number of rotatable bonds is 0. The third-order valence-corrected chi connectivity index (χ3v) is 2.73. The van der Waals surface area contributed by atoms with Crippen molar-refractivity contribution in [3.05, 3.63) is 48.0 Å². The Bertz CT molecular complexity index is 520. The zero-order chi connectivity index (χ0) is 10.3. The van der Waals surface area contributed by atoms with E-state index >= 15 is 0 Å². The lowest BCUT2D eigenvalue weighted by atomic mass is 9.96. The molecule has 2 nitrogen and oxygen atoms in total. The maximum absolute atomic E-state index is 5.98. The second kappa shape index (κ2) is 3.02. The summed E-state index contributed by atoms with van der Waals surface area (Å²) >= 11 is 0. The van der Waals surface area contributed by atoms with Gasteiger partial charge in [0.2, 0.25) is 0 Å². The molecule has 0 atom stereocenters. The first kappa shape index (κ1) is 8.36. The molecule has 0 saturated heterocycles. The van der Waals surface area contributed by atoms with Gasteiger partial charge in [-0.1, -0.05) is 30.3 Å². The average Bonchev–Trinajstić information content (AvgIpc) is 2.29. The molecule has 74 valence electrons. The van der Waals surface area contributed by atoms with Crippen molar-refractivity contribution in [1.29, 1.82) is 0 Å². The fraction of sp³-hybridized carbons (Fsp3) is 0.0769. The molecule has 2 aromatic rings. The SMILES string of the molecule is Nc1cccc2c1-c1ccccc1CO2.